The molecule has 0 spiro atoms. The van der Waals surface area contributed by atoms with Gasteiger partial charge in [-0.15, -0.1) is 11.3 Å². The molecule has 3 aromatic rings. The maximum atomic E-state index is 13.3. The molecule has 4 nitrogen and oxygen atoms in total. The van der Waals surface area contributed by atoms with Gasteiger partial charge in [0.1, 0.15) is 5.82 Å². The molecule has 0 bridgehead atoms. The maximum Gasteiger partial charge on any atom is 0.211 e. The van der Waals surface area contributed by atoms with E-state index >= 15 is 0 Å². The van der Waals surface area contributed by atoms with E-state index < -0.39 is 0 Å². The van der Waals surface area contributed by atoms with Crippen LogP contribution in [-0.4, -0.2) is 15.4 Å². The van der Waals surface area contributed by atoms with Crippen LogP contribution >= 0.6 is 11.3 Å². The highest BCUT2D eigenvalue weighted by atomic mass is 32.1. The average molecular weight is 368 g/mol. The number of pyridine rings is 1. The Balaban J connectivity index is 2.13. The summed E-state index contributed by atoms with van der Waals surface area (Å²) >= 11 is 1.50. The Bertz CT molecular complexity index is 953. The molecule has 0 radical (unpaired) electrons. The standard InChI is InChI=1S/C20H21FN4S/c1-14(2)11-15(3)24-25-19(16-6-8-17(21)9-7-16)13-26-20(25)23-18-5-4-10-22-12-18/h4-10,12-14H,11H2,1-3H3. The van der Waals surface area contributed by atoms with Crippen LogP contribution in [0, 0.1) is 11.7 Å². The van der Waals surface area contributed by atoms with E-state index in [1.807, 2.05) is 29.1 Å². The molecule has 6 heteroatoms. The highest BCUT2D eigenvalue weighted by Gasteiger charge is 2.09. The summed E-state index contributed by atoms with van der Waals surface area (Å²) in [5.74, 6) is 0.265. The molecule has 3 rings (SSSR count). The van der Waals surface area contributed by atoms with Gasteiger partial charge < -0.3 is 0 Å². The SMILES string of the molecule is CC(CC(C)C)=Nn1c(-c2ccc(F)cc2)csc1=Nc1cccnc1. The second-order valence-electron chi connectivity index (χ2n) is 6.48. The summed E-state index contributed by atoms with van der Waals surface area (Å²) < 4.78 is 15.1. The van der Waals surface area contributed by atoms with Crippen molar-refractivity contribution < 1.29 is 4.39 Å². The van der Waals surface area contributed by atoms with Crippen LogP contribution in [0.3, 0.4) is 0 Å². The van der Waals surface area contributed by atoms with Crippen LogP contribution in [0.25, 0.3) is 11.3 Å². The fraction of sp³-hybridized carbons (Fsp3) is 0.250. The molecule has 0 N–H and O–H groups in total. The summed E-state index contributed by atoms with van der Waals surface area (Å²) in [6.07, 6.45) is 4.33. The minimum atomic E-state index is -0.254. The molecule has 26 heavy (non-hydrogen) atoms. The summed E-state index contributed by atoms with van der Waals surface area (Å²) in [5.41, 5.74) is 3.58. The molecular weight excluding hydrogens is 347 g/mol. The summed E-state index contributed by atoms with van der Waals surface area (Å²) in [6.45, 7) is 6.35. The zero-order valence-corrected chi connectivity index (χ0v) is 15.9. The second-order valence-corrected chi connectivity index (χ2v) is 7.32. The predicted molar refractivity (Wildman–Crippen MR) is 105 cm³/mol. The van der Waals surface area contributed by atoms with Gasteiger partial charge in [0.15, 0.2) is 0 Å². The lowest BCUT2D eigenvalue weighted by molar-refractivity contribution is 0.628. The predicted octanol–water partition coefficient (Wildman–Crippen LogP) is 5.25. The first-order valence-corrected chi connectivity index (χ1v) is 9.36. The second kappa shape index (κ2) is 8.19. The quantitative estimate of drug-likeness (QED) is 0.567. The van der Waals surface area contributed by atoms with Gasteiger partial charge in [-0.25, -0.2) is 14.1 Å². The maximum absolute atomic E-state index is 13.3. The molecule has 2 aromatic heterocycles. The molecule has 0 aliphatic rings. The third kappa shape index (κ3) is 4.52. The summed E-state index contributed by atoms with van der Waals surface area (Å²) in [6, 6.07) is 10.2. The van der Waals surface area contributed by atoms with Crippen LogP contribution in [0.4, 0.5) is 10.1 Å². The largest absolute Gasteiger partial charge is 0.262 e. The number of rotatable bonds is 5. The van der Waals surface area contributed by atoms with Gasteiger partial charge in [0, 0.05) is 22.9 Å². The third-order valence-electron chi connectivity index (χ3n) is 3.67. The Labute approximate surface area is 156 Å². The van der Waals surface area contributed by atoms with Gasteiger partial charge in [0.2, 0.25) is 4.80 Å². The molecule has 0 fully saturated rings. The van der Waals surface area contributed by atoms with Gasteiger partial charge in [0.05, 0.1) is 17.6 Å². The smallest absolute Gasteiger partial charge is 0.211 e. The zero-order chi connectivity index (χ0) is 18.5. The Morgan fingerprint density at radius 2 is 2.00 bits per heavy atom. The Kier molecular flexibility index (Phi) is 5.73. The molecule has 0 unspecified atom stereocenters. The van der Waals surface area contributed by atoms with Crippen molar-refractivity contribution >= 4 is 22.7 Å². The molecule has 0 atom stereocenters. The lowest BCUT2D eigenvalue weighted by Gasteiger charge is -2.07. The summed E-state index contributed by atoms with van der Waals surface area (Å²) in [4.78, 5) is 9.53. The molecule has 0 aliphatic carbocycles. The van der Waals surface area contributed by atoms with Crippen molar-refractivity contribution in [1.82, 2.24) is 9.66 Å². The minimum absolute atomic E-state index is 0.254. The molecule has 0 saturated carbocycles. The number of hydrogen-bond donors (Lipinski definition) is 0. The Morgan fingerprint density at radius 1 is 1.23 bits per heavy atom. The molecule has 134 valence electrons. The van der Waals surface area contributed by atoms with E-state index in [4.69, 9.17) is 5.10 Å². The number of nitrogens with zero attached hydrogens (tertiary/aromatic N) is 4. The van der Waals surface area contributed by atoms with Crippen molar-refractivity contribution in [3.8, 4) is 11.3 Å². The Hall–Kier alpha value is -2.60. The highest BCUT2D eigenvalue weighted by Crippen LogP contribution is 2.21. The normalized spacial score (nSPS) is 12.8. The van der Waals surface area contributed by atoms with Gasteiger partial charge in [-0.2, -0.15) is 5.10 Å². The van der Waals surface area contributed by atoms with E-state index in [1.165, 1.54) is 23.5 Å². The van der Waals surface area contributed by atoms with Gasteiger partial charge in [-0.1, -0.05) is 13.8 Å². The van der Waals surface area contributed by atoms with Crippen molar-refractivity contribution in [2.75, 3.05) is 0 Å². The number of thiazole rings is 1. The zero-order valence-electron chi connectivity index (χ0n) is 15.1. The van der Waals surface area contributed by atoms with E-state index in [2.05, 4.69) is 23.8 Å². The van der Waals surface area contributed by atoms with Crippen LogP contribution in [0.2, 0.25) is 0 Å². The summed E-state index contributed by atoms with van der Waals surface area (Å²) in [7, 11) is 0. The van der Waals surface area contributed by atoms with Gasteiger partial charge in [0.25, 0.3) is 0 Å². The lowest BCUT2D eigenvalue weighted by atomic mass is 10.1. The first-order valence-electron chi connectivity index (χ1n) is 8.48. The fourth-order valence-electron chi connectivity index (χ4n) is 2.63. The van der Waals surface area contributed by atoms with Crippen molar-refractivity contribution in [2.45, 2.75) is 27.2 Å². The molecule has 0 aliphatic heterocycles. The molecule has 0 amide bonds. The first-order chi connectivity index (χ1) is 12.5. The number of benzene rings is 1. The Morgan fingerprint density at radius 3 is 2.65 bits per heavy atom. The fourth-order valence-corrected chi connectivity index (χ4v) is 3.48. The van der Waals surface area contributed by atoms with Gasteiger partial charge >= 0.3 is 0 Å². The number of halogens is 1. The number of hydrogen-bond acceptors (Lipinski definition) is 4. The topological polar surface area (TPSA) is 42.5 Å². The van der Waals surface area contributed by atoms with E-state index in [1.54, 1.807) is 24.5 Å². The van der Waals surface area contributed by atoms with E-state index in [-0.39, 0.29) is 5.82 Å². The van der Waals surface area contributed by atoms with Crippen LogP contribution in [-0.2, 0) is 0 Å². The van der Waals surface area contributed by atoms with Crippen molar-refractivity contribution in [2.24, 2.45) is 16.0 Å². The third-order valence-corrected chi connectivity index (χ3v) is 4.49. The van der Waals surface area contributed by atoms with Gasteiger partial charge in [-0.3, -0.25) is 4.98 Å². The van der Waals surface area contributed by atoms with Crippen molar-refractivity contribution in [3.05, 3.63) is 64.8 Å². The monoisotopic (exact) mass is 368 g/mol. The molecular formula is C20H21FN4S. The molecule has 1 aromatic carbocycles. The highest BCUT2D eigenvalue weighted by molar-refractivity contribution is 7.07. The van der Waals surface area contributed by atoms with Crippen molar-refractivity contribution in [1.29, 1.82) is 0 Å². The minimum Gasteiger partial charge on any atom is -0.262 e. The van der Waals surface area contributed by atoms with Crippen LogP contribution in [0.15, 0.2) is 64.3 Å². The van der Waals surface area contributed by atoms with Crippen LogP contribution in [0.1, 0.15) is 27.2 Å². The molecule has 2 heterocycles. The van der Waals surface area contributed by atoms with Crippen molar-refractivity contribution in [3.63, 3.8) is 0 Å². The summed E-state index contributed by atoms with van der Waals surface area (Å²) in [5, 5.41) is 6.78. The van der Waals surface area contributed by atoms with Crippen LogP contribution < -0.4 is 4.80 Å². The lowest BCUT2D eigenvalue weighted by Crippen LogP contribution is -2.14. The molecule has 0 saturated heterocycles. The van der Waals surface area contributed by atoms with Crippen LogP contribution in [0.5, 0.6) is 0 Å². The first kappa shape index (κ1) is 18.2. The number of aromatic nitrogens is 2. The van der Waals surface area contributed by atoms with E-state index in [9.17, 15) is 4.39 Å². The van der Waals surface area contributed by atoms with E-state index in [0.29, 0.717) is 5.92 Å². The van der Waals surface area contributed by atoms with E-state index in [0.717, 1.165) is 33.9 Å². The average Bonchev–Trinajstić information content (AvgIpc) is 2.98. The van der Waals surface area contributed by atoms with Gasteiger partial charge in [-0.05, 0) is 55.7 Å².